The van der Waals surface area contributed by atoms with Gasteiger partial charge in [0.1, 0.15) is 0 Å². The number of furan rings is 1. The summed E-state index contributed by atoms with van der Waals surface area (Å²) < 4.78 is 4.93. The molecule has 0 atom stereocenters. The SMILES string of the molecule is N#Cc1ccccc1CSCCNC(=O)CNC(=O)c1ccco1. The first-order chi connectivity index (χ1) is 11.7. The topological polar surface area (TPSA) is 95.1 Å². The summed E-state index contributed by atoms with van der Waals surface area (Å²) in [6, 6.07) is 12.8. The van der Waals surface area contributed by atoms with Crippen molar-refractivity contribution in [3.05, 3.63) is 59.5 Å². The first kappa shape index (κ1) is 17.6. The molecule has 1 aromatic carbocycles. The van der Waals surface area contributed by atoms with Crippen LogP contribution in [-0.4, -0.2) is 30.7 Å². The van der Waals surface area contributed by atoms with Crippen molar-refractivity contribution in [3.8, 4) is 6.07 Å². The molecule has 2 N–H and O–H groups in total. The van der Waals surface area contributed by atoms with E-state index in [2.05, 4.69) is 16.7 Å². The lowest BCUT2D eigenvalue weighted by Gasteiger charge is -2.07. The highest BCUT2D eigenvalue weighted by atomic mass is 32.2. The largest absolute Gasteiger partial charge is 0.459 e. The number of nitrogens with one attached hydrogen (secondary N) is 2. The van der Waals surface area contributed by atoms with Crippen LogP contribution in [0.1, 0.15) is 21.7 Å². The van der Waals surface area contributed by atoms with Crippen molar-refractivity contribution in [2.75, 3.05) is 18.8 Å². The summed E-state index contributed by atoms with van der Waals surface area (Å²) in [5.41, 5.74) is 1.66. The summed E-state index contributed by atoms with van der Waals surface area (Å²) in [7, 11) is 0. The van der Waals surface area contributed by atoms with Crippen LogP contribution < -0.4 is 10.6 Å². The summed E-state index contributed by atoms with van der Waals surface area (Å²) in [5.74, 6) is 0.937. The van der Waals surface area contributed by atoms with Gasteiger partial charge in [0.15, 0.2) is 5.76 Å². The molecule has 1 aromatic heterocycles. The van der Waals surface area contributed by atoms with E-state index >= 15 is 0 Å². The molecule has 0 spiro atoms. The van der Waals surface area contributed by atoms with Crippen LogP contribution >= 0.6 is 11.8 Å². The van der Waals surface area contributed by atoms with Gasteiger partial charge in [-0.05, 0) is 23.8 Å². The van der Waals surface area contributed by atoms with Gasteiger partial charge in [0.2, 0.25) is 5.91 Å². The minimum absolute atomic E-state index is 0.0958. The molecule has 1 heterocycles. The second-order valence-electron chi connectivity index (χ2n) is 4.83. The van der Waals surface area contributed by atoms with E-state index in [0.717, 1.165) is 17.1 Å². The minimum atomic E-state index is -0.419. The van der Waals surface area contributed by atoms with Crippen LogP contribution in [0.4, 0.5) is 0 Å². The smallest absolute Gasteiger partial charge is 0.287 e. The van der Waals surface area contributed by atoms with Crippen molar-refractivity contribution < 1.29 is 14.0 Å². The van der Waals surface area contributed by atoms with Crippen molar-refractivity contribution in [2.24, 2.45) is 0 Å². The molecule has 0 radical (unpaired) electrons. The quantitative estimate of drug-likeness (QED) is 0.714. The first-order valence-electron chi connectivity index (χ1n) is 7.35. The number of benzene rings is 1. The molecule has 2 aromatic rings. The number of hydrogen-bond acceptors (Lipinski definition) is 5. The average Bonchev–Trinajstić information content (AvgIpc) is 3.14. The van der Waals surface area contributed by atoms with Gasteiger partial charge in [0.25, 0.3) is 5.91 Å². The van der Waals surface area contributed by atoms with Crippen molar-refractivity contribution in [3.63, 3.8) is 0 Å². The van der Waals surface area contributed by atoms with Gasteiger partial charge in [-0.1, -0.05) is 18.2 Å². The van der Waals surface area contributed by atoms with Gasteiger partial charge in [0, 0.05) is 18.1 Å². The molecule has 124 valence electrons. The lowest BCUT2D eigenvalue weighted by atomic mass is 10.1. The predicted octanol–water partition coefficient (Wildman–Crippen LogP) is 1.93. The number of hydrogen-bond donors (Lipinski definition) is 2. The zero-order valence-electron chi connectivity index (χ0n) is 13.0. The molecule has 0 aliphatic rings. The molecule has 0 saturated carbocycles. The minimum Gasteiger partial charge on any atom is -0.459 e. The first-order valence-corrected chi connectivity index (χ1v) is 8.50. The van der Waals surface area contributed by atoms with Crippen molar-refractivity contribution >= 4 is 23.6 Å². The number of thioether (sulfide) groups is 1. The third-order valence-electron chi connectivity index (χ3n) is 3.12. The van der Waals surface area contributed by atoms with Crippen LogP contribution in [-0.2, 0) is 10.5 Å². The van der Waals surface area contributed by atoms with Crippen molar-refractivity contribution in [1.82, 2.24) is 10.6 Å². The fourth-order valence-corrected chi connectivity index (χ4v) is 2.78. The predicted molar refractivity (Wildman–Crippen MR) is 91.4 cm³/mol. The maximum atomic E-state index is 11.6. The standard InChI is InChI=1S/C17H17N3O3S/c18-10-13-4-1-2-5-14(13)12-24-9-7-19-16(21)11-20-17(22)15-6-3-8-23-15/h1-6,8H,7,9,11-12H2,(H,19,21)(H,20,22). The molecule has 0 bridgehead atoms. The normalized spacial score (nSPS) is 9.96. The second kappa shape index (κ2) is 9.43. The van der Waals surface area contributed by atoms with Gasteiger partial charge in [-0.25, -0.2) is 0 Å². The Morgan fingerprint density at radius 3 is 2.75 bits per heavy atom. The maximum absolute atomic E-state index is 11.6. The fourth-order valence-electron chi connectivity index (χ4n) is 1.92. The molecule has 0 unspecified atom stereocenters. The van der Waals surface area contributed by atoms with E-state index in [1.807, 2.05) is 18.2 Å². The number of carbonyl (C=O) groups excluding carboxylic acids is 2. The lowest BCUT2D eigenvalue weighted by Crippen LogP contribution is -2.37. The van der Waals surface area contributed by atoms with Crippen LogP contribution in [0.2, 0.25) is 0 Å². The molecule has 0 fully saturated rings. The molecular formula is C17H17N3O3S. The zero-order chi connectivity index (χ0) is 17.2. The number of nitriles is 1. The van der Waals surface area contributed by atoms with Gasteiger partial charge in [0.05, 0.1) is 24.4 Å². The second-order valence-corrected chi connectivity index (χ2v) is 5.94. The van der Waals surface area contributed by atoms with E-state index < -0.39 is 5.91 Å². The monoisotopic (exact) mass is 343 g/mol. The Morgan fingerprint density at radius 1 is 1.17 bits per heavy atom. The van der Waals surface area contributed by atoms with E-state index in [1.165, 1.54) is 12.3 Å². The van der Waals surface area contributed by atoms with E-state index in [-0.39, 0.29) is 18.2 Å². The molecule has 7 heteroatoms. The van der Waals surface area contributed by atoms with E-state index in [4.69, 9.17) is 9.68 Å². The highest BCUT2D eigenvalue weighted by molar-refractivity contribution is 7.98. The van der Waals surface area contributed by atoms with Crippen LogP contribution in [0.5, 0.6) is 0 Å². The average molecular weight is 343 g/mol. The van der Waals surface area contributed by atoms with Crippen LogP contribution in [0.15, 0.2) is 47.1 Å². The maximum Gasteiger partial charge on any atom is 0.287 e. The van der Waals surface area contributed by atoms with Crippen LogP contribution in [0.25, 0.3) is 0 Å². The number of nitrogens with zero attached hydrogens (tertiary/aromatic N) is 1. The van der Waals surface area contributed by atoms with Crippen LogP contribution in [0, 0.1) is 11.3 Å². The van der Waals surface area contributed by atoms with Crippen molar-refractivity contribution in [1.29, 1.82) is 5.26 Å². The van der Waals surface area contributed by atoms with Gasteiger partial charge in [-0.2, -0.15) is 17.0 Å². The summed E-state index contributed by atoms with van der Waals surface area (Å²) in [5, 5.41) is 14.2. The third-order valence-corrected chi connectivity index (χ3v) is 4.13. The molecule has 2 amide bonds. The molecule has 24 heavy (non-hydrogen) atoms. The lowest BCUT2D eigenvalue weighted by molar-refractivity contribution is -0.120. The molecule has 0 aliphatic carbocycles. The van der Waals surface area contributed by atoms with Gasteiger partial charge in [-0.15, -0.1) is 0 Å². The Hall–Kier alpha value is -2.72. The highest BCUT2D eigenvalue weighted by Crippen LogP contribution is 2.15. The molecular weight excluding hydrogens is 326 g/mol. The Balaban J connectivity index is 1.59. The summed E-state index contributed by atoms with van der Waals surface area (Å²) in [6.45, 7) is 0.399. The van der Waals surface area contributed by atoms with E-state index in [9.17, 15) is 9.59 Å². The van der Waals surface area contributed by atoms with Gasteiger partial charge < -0.3 is 15.1 Å². The van der Waals surface area contributed by atoms with Crippen LogP contribution in [0.3, 0.4) is 0 Å². The molecule has 2 rings (SSSR count). The Bertz CT molecular complexity index is 723. The van der Waals surface area contributed by atoms with Gasteiger partial charge in [-0.3, -0.25) is 9.59 Å². The zero-order valence-corrected chi connectivity index (χ0v) is 13.8. The highest BCUT2D eigenvalue weighted by Gasteiger charge is 2.09. The number of rotatable bonds is 8. The summed E-state index contributed by atoms with van der Waals surface area (Å²) in [6.07, 6.45) is 1.40. The molecule has 6 nitrogen and oxygen atoms in total. The number of carbonyl (C=O) groups is 2. The third kappa shape index (κ3) is 5.48. The Kier molecular flexibility index (Phi) is 6.92. The number of amides is 2. The Morgan fingerprint density at radius 2 is 2.00 bits per heavy atom. The fraction of sp³-hybridized carbons (Fsp3) is 0.235. The van der Waals surface area contributed by atoms with Gasteiger partial charge >= 0.3 is 0 Å². The molecule has 0 saturated heterocycles. The summed E-state index contributed by atoms with van der Waals surface area (Å²) >= 11 is 1.63. The van der Waals surface area contributed by atoms with Crippen molar-refractivity contribution in [2.45, 2.75) is 5.75 Å². The summed E-state index contributed by atoms with van der Waals surface area (Å²) in [4.78, 5) is 23.2. The Labute approximate surface area is 144 Å². The molecule has 0 aliphatic heterocycles. The van der Waals surface area contributed by atoms with E-state index in [1.54, 1.807) is 23.9 Å². The van der Waals surface area contributed by atoms with E-state index in [0.29, 0.717) is 12.1 Å².